The highest BCUT2D eigenvalue weighted by Crippen LogP contribution is 2.47. The van der Waals surface area contributed by atoms with Gasteiger partial charge >= 0.3 is 0 Å². The molecule has 3 atom stereocenters. The van der Waals surface area contributed by atoms with Gasteiger partial charge in [-0.25, -0.2) is 4.39 Å². The summed E-state index contributed by atoms with van der Waals surface area (Å²) in [6, 6.07) is 4.25. The van der Waals surface area contributed by atoms with Crippen LogP contribution < -0.4 is 10.2 Å². The molecule has 0 radical (unpaired) electrons. The van der Waals surface area contributed by atoms with Gasteiger partial charge in [0, 0.05) is 25.2 Å². The molecule has 2 fully saturated rings. The maximum absolute atomic E-state index is 13.8. The van der Waals surface area contributed by atoms with Crippen molar-refractivity contribution < 1.29 is 4.39 Å². The molecule has 0 amide bonds. The third-order valence-electron chi connectivity index (χ3n) is 4.89. The van der Waals surface area contributed by atoms with Crippen molar-refractivity contribution in [1.82, 2.24) is 0 Å². The zero-order valence-corrected chi connectivity index (χ0v) is 12.3. The molecule has 1 saturated heterocycles. The Bertz CT molecular complexity index is 505. The minimum atomic E-state index is -0.0890. The van der Waals surface area contributed by atoms with E-state index in [0.29, 0.717) is 9.61 Å². The molecule has 0 spiro atoms. The first-order chi connectivity index (χ1) is 8.74. The largest absolute Gasteiger partial charge is 0.381 e. The summed E-state index contributed by atoms with van der Waals surface area (Å²) in [6.07, 6.45) is 4.10. The third-order valence-corrected chi connectivity index (χ3v) is 5.72. The van der Waals surface area contributed by atoms with Crippen molar-refractivity contribution in [2.45, 2.75) is 25.3 Å². The van der Waals surface area contributed by atoms with Crippen molar-refractivity contribution in [2.75, 3.05) is 23.3 Å². The van der Waals surface area contributed by atoms with E-state index in [1.165, 1.54) is 19.3 Å². The Hall–Kier alpha value is -0.520. The minimum absolute atomic E-state index is 0.0890. The Morgan fingerprint density at radius 3 is 3.11 bits per heavy atom. The zero-order valence-electron chi connectivity index (χ0n) is 10.1. The van der Waals surface area contributed by atoms with Crippen LogP contribution in [-0.4, -0.2) is 19.1 Å². The van der Waals surface area contributed by atoms with Crippen LogP contribution in [0.2, 0.25) is 0 Å². The van der Waals surface area contributed by atoms with E-state index in [4.69, 9.17) is 0 Å². The molecule has 1 saturated carbocycles. The van der Waals surface area contributed by atoms with Gasteiger partial charge in [0.05, 0.1) is 14.9 Å². The van der Waals surface area contributed by atoms with Crippen molar-refractivity contribution in [1.29, 1.82) is 0 Å². The van der Waals surface area contributed by atoms with E-state index < -0.39 is 0 Å². The number of rotatable bonds is 0. The Balaban J connectivity index is 1.76. The summed E-state index contributed by atoms with van der Waals surface area (Å²) in [5.74, 6) is 1.58. The lowest BCUT2D eigenvalue weighted by Gasteiger charge is -2.36. The number of hydrogen-bond acceptors (Lipinski definition) is 2. The maximum Gasteiger partial charge on any atom is 0.138 e. The first-order valence-corrected chi connectivity index (χ1v) is 7.81. The highest BCUT2D eigenvalue weighted by Gasteiger charge is 2.46. The van der Waals surface area contributed by atoms with Crippen molar-refractivity contribution >= 4 is 34.0 Å². The topological polar surface area (TPSA) is 15.3 Å². The molecule has 3 aliphatic rings. The molecule has 96 valence electrons. The van der Waals surface area contributed by atoms with E-state index in [2.05, 4.69) is 32.8 Å². The average Bonchev–Trinajstić information content (AvgIpc) is 2.91. The fourth-order valence-corrected chi connectivity index (χ4v) is 4.55. The second kappa shape index (κ2) is 3.99. The smallest absolute Gasteiger partial charge is 0.138 e. The summed E-state index contributed by atoms with van der Waals surface area (Å²) >= 11 is 2.06. The van der Waals surface area contributed by atoms with Crippen LogP contribution in [0.5, 0.6) is 0 Å². The van der Waals surface area contributed by atoms with E-state index in [1.807, 2.05) is 6.07 Å². The first kappa shape index (κ1) is 11.3. The monoisotopic (exact) mass is 358 g/mol. The second-order valence-corrected chi connectivity index (χ2v) is 6.90. The Labute approximate surface area is 120 Å². The fourth-order valence-electron chi connectivity index (χ4n) is 4.09. The van der Waals surface area contributed by atoms with Gasteiger partial charge < -0.3 is 10.2 Å². The lowest BCUT2D eigenvalue weighted by atomic mass is 9.93. The molecule has 4 rings (SSSR count). The molecule has 2 aliphatic heterocycles. The van der Waals surface area contributed by atoms with Gasteiger partial charge in [-0.15, -0.1) is 0 Å². The molecule has 3 unspecified atom stereocenters. The number of halogens is 2. The van der Waals surface area contributed by atoms with Gasteiger partial charge in [0.15, 0.2) is 0 Å². The van der Waals surface area contributed by atoms with Crippen molar-refractivity contribution in [2.24, 2.45) is 11.8 Å². The second-order valence-electron chi connectivity index (χ2n) is 5.74. The van der Waals surface area contributed by atoms with E-state index >= 15 is 0 Å². The quantitative estimate of drug-likeness (QED) is 0.715. The number of nitrogens with one attached hydrogen (secondary N) is 1. The Morgan fingerprint density at radius 2 is 2.22 bits per heavy atom. The van der Waals surface area contributed by atoms with Gasteiger partial charge in [0.2, 0.25) is 0 Å². The summed E-state index contributed by atoms with van der Waals surface area (Å²) in [6.45, 7) is 2.15. The summed E-state index contributed by atoms with van der Waals surface area (Å²) in [4.78, 5) is 2.46. The molecule has 2 nitrogen and oxygen atoms in total. The van der Waals surface area contributed by atoms with Crippen LogP contribution in [0.15, 0.2) is 12.1 Å². The van der Waals surface area contributed by atoms with Crippen molar-refractivity contribution in [3.63, 3.8) is 0 Å². The van der Waals surface area contributed by atoms with Crippen molar-refractivity contribution in [3.05, 3.63) is 21.5 Å². The third kappa shape index (κ3) is 1.50. The predicted octanol–water partition coefficient (Wildman–Crippen LogP) is 3.46. The number of hydrogen-bond donors (Lipinski definition) is 1. The molecule has 2 heterocycles. The molecule has 0 aromatic heterocycles. The SMILES string of the molecule is Fc1cc2c(cc1I)NCC1C3CCCC3CN21. The molecular weight excluding hydrogens is 342 g/mol. The fraction of sp³-hybridized carbons (Fsp3) is 0.571. The van der Waals surface area contributed by atoms with Gasteiger partial charge in [-0.05, 0) is 53.3 Å². The molecular formula is C14H16FIN2. The molecule has 4 heteroatoms. The zero-order chi connectivity index (χ0) is 12.3. The minimum Gasteiger partial charge on any atom is -0.381 e. The van der Waals surface area contributed by atoms with Gasteiger partial charge in [0.25, 0.3) is 0 Å². The van der Waals surface area contributed by atoms with E-state index in [-0.39, 0.29) is 5.82 Å². The molecule has 1 aliphatic carbocycles. The van der Waals surface area contributed by atoms with E-state index in [0.717, 1.165) is 36.3 Å². The van der Waals surface area contributed by atoms with Crippen LogP contribution in [0, 0.1) is 21.2 Å². The summed E-state index contributed by atoms with van der Waals surface area (Å²) in [5, 5.41) is 3.50. The standard InChI is InChI=1S/C14H16FIN2/c15-10-4-13-12(5-11(10)16)17-6-14-9-3-1-2-8(9)7-18(13)14/h4-5,8-9,14,17H,1-3,6-7H2. The summed E-state index contributed by atoms with van der Waals surface area (Å²) in [5.41, 5.74) is 2.19. The predicted molar refractivity (Wildman–Crippen MR) is 79.6 cm³/mol. The van der Waals surface area contributed by atoms with Crippen LogP contribution >= 0.6 is 22.6 Å². The first-order valence-electron chi connectivity index (χ1n) is 6.73. The van der Waals surface area contributed by atoms with Gasteiger partial charge in [0.1, 0.15) is 5.82 Å². The Kier molecular flexibility index (Phi) is 2.51. The number of benzene rings is 1. The lowest BCUT2D eigenvalue weighted by Crippen LogP contribution is -2.42. The van der Waals surface area contributed by atoms with Gasteiger partial charge in [-0.1, -0.05) is 6.42 Å². The number of nitrogens with zero attached hydrogens (tertiary/aromatic N) is 1. The summed E-state index contributed by atoms with van der Waals surface area (Å²) in [7, 11) is 0. The van der Waals surface area contributed by atoms with Crippen LogP contribution in [-0.2, 0) is 0 Å². The molecule has 1 aromatic rings. The highest BCUT2D eigenvalue weighted by atomic mass is 127. The average molecular weight is 358 g/mol. The van der Waals surface area contributed by atoms with E-state index in [9.17, 15) is 4.39 Å². The van der Waals surface area contributed by atoms with Crippen LogP contribution in [0.1, 0.15) is 19.3 Å². The maximum atomic E-state index is 13.8. The number of anilines is 2. The molecule has 18 heavy (non-hydrogen) atoms. The van der Waals surface area contributed by atoms with E-state index in [1.54, 1.807) is 6.07 Å². The van der Waals surface area contributed by atoms with Crippen molar-refractivity contribution in [3.8, 4) is 0 Å². The normalized spacial score (nSPS) is 32.8. The molecule has 1 aromatic carbocycles. The van der Waals surface area contributed by atoms with Gasteiger partial charge in [-0.3, -0.25) is 0 Å². The van der Waals surface area contributed by atoms with Crippen LogP contribution in [0.3, 0.4) is 0 Å². The van der Waals surface area contributed by atoms with Crippen LogP contribution in [0.25, 0.3) is 0 Å². The van der Waals surface area contributed by atoms with Crippen LogP contribution in [0.4, 0.5) is 15.8 Å². The summed E-state index contributed by atoms with van der Waals surface area (Å²) < 4.78 is 14.5. The molecule has 0 bridgehead atoms. The Morgan fingerprint density at radius 1 is 1.33 bits per heavy atom. The lowest BCUT2D eigenvalue weighted by molar-refractivity contribution is 0.429. The highest BCUT2D eigenvalue weighted by molar-refractivity contribution is 14.1. The number of fused-ring (bicyclic) bond motifs is 5. The molecule has 1 N–H and O–H groups in total. The van der Waals surface area contributed by atoms with Gasteiger partial charge in [-0.2, -0.15) is 0 Å².